The van der Waals surface area contributed by atoms with Crippen molar-refractivity contribution < 1.29 is 22.7 Å². The van der Waals surface area contributed by atoms with Gasteiger partial charge in [0.2, 0.25) is 5.91 Å². The summed E-state index contributed by atoms with van der Waals surface area (Å²) in [5.41, 5.74) is -1.78. The topological polar surface area (TPSA) is 38.3 Å². The van der Waals surface area contributed by atoms with Gasteiger partial charge < -0.3 is 10.1 Å². The Morgan fingerprint density at radius 3 is 2.40 bits per heavy atom. The third kappa shape index (κ3) is 3.79. The fourth-order valence-electron chi connectivity index (χ4n) is 1.37. The maximum absolute atomic E-state index is 12.8. The van der Waals surface area contributed by atoms with Crippen molar-refractivity contribution >= 4 is 23.2 Å². The van der Waals surface area contributed by atoms with Crippen LogP contribution in [0.15, 0.2) is 18.2 Å². The molecule has 1 amide bonds. The van der Waals surface area contributed by atoms with Crippen LogP contribution >= 0.6 is 11.6 Å². The number of hydrogen-bond acceptors (Lipinski definition) is 2. The van der Waals surface area contributed by atoms with Gasteiger partial charge in [-0.2, -0.15) is 13.2 Å². The SMILES string of the molecule is COc1ccc(NC(=O)C(C)(C)CCl)cc1C(F)(F)F. The second kappa shape index (κ2) is 5.91. The molecule has 1 aromatic rings. The lowest BCUT2D eigenvalue weighted by atomic mass is 9.95. The number of nitrogens with one attached hydrogen (secondary N) is 1. The van der Waals surface area contributed by atoms with E-state index < -0.39 is 23.1 Å². The molecule has 0 unspecified atom stereocenters. The number of amides is 1. The molecule has 1 rings (SSSR count). The number of carbonyl (C=O) groups excluding carboxylic acids is 1. The Bertz CT molecular complexity index is 501. The molecule has 0 bridgehead atoms. The van der Waals surface area contributed by atoms with Gasteiger partial charge in [0.05, 0.1) is 18.1 Å². The average molecular weight is 310 g/mol. The van der Waals surface area contributed by atoms with Gasteiger partial charge in [0.1, 0.15) is 5.75 Å². The van der Waals surface area contributed by atoms with Gasteiger partial charge in [-0.3, -0.25) is 4.79 Å². The number of methoxy groups -OCH3 is 1. The fourth-order valence-corrected chi connectivity index (χ4v) is 1.49. The first kappa shape index (κ1) is 16.6. The second-order valence-corrected chi connectivity index (χ2v) is 5.15. The van der Waals surface area contributed by atoms with Crippen LogP contribution in [0, 0.1) is 5.41 Å². The summed E-state index contributed by atoms with van der Waals surface area (Å²) in [5.74, 6) is -0.695. The highest BCUT2D eigenvalue weighted by atomic mass is 35.5. The summed E-state index contributed by atoms with van der Waals surface area (Å²) in [6, 6.07) is 3.34. The van der Waals surface area contributed by atoms with E-state index >= 15 is 0 Å². The highest BCUT2D eigenvalue weighted by Crippen LogP contribution is 2.37. The fraction of sp³-hybridized carbons (Fsp3) is 0.462. The number of carbonyl (C=O) groups is 1. The number of rotatable bonds is 4. The minimum atomic E-state index is -4.56. The zero-order valence-corrected chi connectivity index (χ0v) is 12.0. The highest BCUT2D eigenvalue weighted by Gasteiger charge is 2.35. The summed E-state index contributed by atoms with van der Waals surface area (Å²) in [6.45, 7) is 3.20. The van der Waals surface area contributed by atoms with E-state index in [4.69, 9.17) is 11.6 Å². The van der Waals surface area contributed by atoms with Crippen molar-refractivity contribution in [2.45, 2.75) is 20.0 Å². The summed E-state index contributed by atoms with van der Waals surface area (Å²) in [6.07, 6.45) is -4.56. The van der Waals surface area contributed by atoms with Gasteiger partial charge in [0, 0.05) is 11.6 Å². The van der Waals surface area contributed by atoms with Crippen molar-refractivity contribution in [1.29, 1.82) is 0 Å². The van der Waals surface area contributed by atoms with Crippen LogP contribution in [0.1, 0.15) is 19.4 Å². The van der Waals surface area contributed by atoms with Crippen LogP contribution in [-0.4, -0.2) is 18.9 Å². The third-order valence-electron chi connectivity index (χ3n) is 2.71. The molecule has 0 saturated heterocycles. The Kier molecular flexibility index (Phi) is 4.91. The van der Waals surface area contributed by atoms with Crippen molar-refractivity contribution in [3.05, 3.63) is 23.8 Å². The van der Waals surface area contributed by atoms with Crippen LogP contribution in [0.5, 0.6) is 5.75 Å². The van der Waals surface area contributed by atoms with Crippen molar-refractivity contribution in [2.24, 2.45) is 5.41 Å². The summed E-state index contributed by atoms with van der Waals surface area (Å²) >= 11 is 5.64. The van der Waals surface area contributed by atoms with E-state index in [9.17, 15) is 18.0 Å². The lowest BCUT2D eigenvalue weighted by Gasteiger charge is -2.21. The molecule has 0 radical (unpaired) electrons. The van der Waals surface area contributed by atoms with E-state index in [0.717, 1.165) is 19.2 Å². The minimum Gasteiger partial charge on any atom is -0.496 e. The number of alkyl halides is 4. The predicted molar refractivity (Wildman–Crippen MR) is 71.1 cm³/mol. The number of ether oxygens (including phenoxy) is 1. The van der Waals surface area contributed by atoms with Crippen LogP contribution in [0.25, 0.3) is 0 Å². The molecule has 112 valence electrons. The summed E-state index contributed by atoms with van der Waals surface area (Å²) in [5, 5.41) is 2.42. The van der Waals surface area contributed by atoms with E-state index in [-0.39, 0.29) is 17.3 Å². The first-order chi connectivity index (χ1) is 9.11. The van der Waals surface area contributed by atoms with Crippen LogP contribution in [-0.2, 0) is 11.0 Å². The molecule has 0 fully saturated rings. The van der Waals surface area contributed by atoms with Gasteiger partial charge in [-0.1, -0.05) is 0 Å². The van der Waals surface area contributed by atoms with Crippen LogP contribution in [0.3, 0.4) is 0 Å². The Morgan fingerprint density at radius 2 is 1.95 bits per heavy atom. The van der Waals surface area contributed by atoms with Crippen LogP contribution in [0.2, 0.25) is 0 Å². The van der Waals surface area contributed by atoms with E-state index in [1.807, 2.05) is 0 Å². The lowest BCUT2D eigenvalue weighted by Crippen LogP contribution is -2.32. The summed E-state index contributed by atoms with van der Waals surface area (Å²) in [4.78, 5) is 11.9. The van der Waals surface area contributed by atoms with Gasteiger partial charge in [-0.05, 0) is 32.0 Å². The van der Waals surface area contributed by atoms with Gasteiger partial charge in [-0.15, -0.1) is 11.6 Å². The van der Waals surface area contributed by atoms with Gasteiger partial charge in [0.25, 0.3) is 0 Å². The Balaban J connectivity index is 3.08. The van der Waals surface area contributed by atoms with E-state index in [1.165, 1.54) is 6.07 Å². The molecule has 1 N–H and O–H groups in total. The van der Waals surface area contributed by atoms with Crippen molar-refractivity contribution in [2.75, 3.05) is 18.3 Å². The largest absolute Gasteiger partial charge is 0.496 e. The van der Waals surface area contributed by atoms with E-state index in [2.05, 4.69) is 10.1 Å². The van der Waals surface area contributed by atoms with Crippen LogP contribution in [0.4, 0.5) is 18.9 Å². The Hall–Kier alpha value is -1.43. The highest BCUT2D eigenvalue weighted by molar-refractivity contribution is 6.20. The molecule has 20 heavy (non-hydrogen) atoms. The number of anilines is 1. The Labute approximate surface area is 120 Å². The number of halogens is 4. The molecule has 0 aromatic heterocycles. The molecule has 7 heteroatoms. The molecule has 0 atom stereocenters. The lowest BCUT2D eigenvalue weighted by molar-refractivity contribution is -0.138. The zero-order valence-electron chi connectivity index (χ0n) is 11.3. The van der Waals surface area contributed by atoms with Gasteiger partial charge >= 0.3 is 6.18 Å². The molecule has 0 spiro atoms. The Morgan fingerprint density at radius 1 is 1.35 bits per heavy atom. The monoisotopic (exact) mass is 309 g/mol. The van der Waals surface area contributed by atoms with Gasteiger partial charge in [-0.25, -0.2) is 0 Å². The molecular weight excluding hydrogens is 295 g/mol. The zero-order chi connectivity index (χ0) is 15.6. The smallest absolute Gasteiger partial charge is 0.420 e. The molecule has 1 aromatic carbocycles. The predicted octanol–water partition coefficient (Wildman–Crippen LogP) is 3.92. The standard InChI is InChI=1S/C13H15ClF3NO2/c1-12(2,7-14)11(19)18-8-4-5-10(20-3)9(6-8)13(15,16)17/h4-6H,7H2,1-3H3,(H,18,19). The maximum Gasteiger partial charge on any atom is 0.420 e. The number of benzene rings is 1. The van der Waals surface area contributed by atoms with E-state index in [1.54, 1.807) is 13.8 Å². The van der Waals surface area contributed by atoms with Crippen molar-refractivity contribution in [3.63, 3.8) is 0 Å². The summed E-state index contributed by atoms with van der Waals surface area (Å²) < 4.78 is 43.2. The first-order valence-electron chi connectivity index (χ1n) is 5.74. The van der Waals surface area contributed by atoms with E-state index in [0.29, 0.717) is 0 Å². The molecule has 0 heterocycles. The van der Waals surface area contributed by atoms with Crippen molar-refractivity contribution in [3.8, 4) is 5.75 Å². The second-order valence-electron chi connectivity index (χ2n) is 4.88. The average Bonchev–Trinajstić information content (AvgIpc) is 2.37. The molecular formula is C13H15ClF3NO2. The third-order valence-corrected chi connectivity index (χ3v) is 3.38. The summed E-state index contributed by atoms with van der Waals surface area (Å²) in [7, 11) is 1.15. The quantitative estimate of drug-likeness (QED) is 0.856. The molecule has 0 aliphatic carbocycles. The van der Waals surface area contributed by atoms with Gasteiger partial charge in [0.15, 0.2) is 0 Å². The maximum atomic E-state index is 12.8. The minimum absolute atomic E-state index is 0.0429. The normalized spacial score (nSPS) is 12.2. The first-order valence-corrected chi connectivity index (χ1v) is 6.28. The molecule has 0 saturated carbocycles. The molecule has 0 aliphatic rings. The molecule has 3 nitrogen and oxygen atoms in total. The van der Waals surface area contributed by atoms with Crippen LogP contribution < -0.4 is 10.1 Å². The molecule has 0 aliphatic heterocycles. The number of hydrogen-bond donors (Lipinski definition) is 1. The van der Waals surface area contributed by atoms with Crippen molar-refractivity contribution in [1.82, 2.24) is 0 Å².